The second-order valence-corrected chi connectivity index (χ2v) is 6.00. The molecule has 1 amide bonds. The first-order chi connectivity index (χ1) is 12.0. The van der Waals surface area contributed by atoms with Crippen molar-refractivity contribution in [3.05, 3.63) is 41.6 Å². The van der Waals surface area contributed by atoms with Gasteiger partial charge in [-0.2, -0.15) is 5.26 Å². The van der Waals surface area contributed by atoms with E-state index in [9.17, 15) is 14.9 Å². The minimum atomic E-state index is -0.315. The Labute approximate surface area is 148 Å². The van der Waals surface area contributed by atoms with Gasteiger partial charge in [0.05, 0.1) is 12.5 Å². The summed E-state index contributed by atoms with van der Waals surface area (Å²) in [5, 5.41) is 12.3. The van der Waals surface area contributed by atoms with Gasteiger partial charge in [0.2, 0.25) is 0 Å². The number of rotatable bonds is 5. The van der Waals surface area contributed by atoms with Crippen molar-refractivity contribution in [3.8, 4) is 6.07 Å². The predicted octanol–water partition coefficient (Wildman–Crippen LogP) is 2.62. The van der Waals surface area contributed by atoms with E-state index < -0.39 is 0 Å². The quantitative estimate of drug-likeness (QED) is 0.506. The summed E-state index contributed by atoms with van der Waals surface area (Å²) in [6.45, 7) is 5.02. The maximum absolute atomic E-state index is 12.5. The third kappa shape index (κ3) is 5.08. The Morgan fingerprint density at radius 3 is 2.72 bits per heavy atom. The van der Waals surface area contributed by atoms with E-state index in [4.69, 9.17) is 4.74 Å². The molecule has 1 aliphatic heterocycles. The lowest BCUT2D eigenvalue weighted by molar-refractivity contribution is -0.150. The van der Waals surface area contributed by atoms with Crippen LogP contribution in [0.2, 0.25) is 0 Å². The first kappa shape index (κ1) is 18.5. The van der Waals surface area contributed by atoms with Crippen molar-refractivity contribution in [3.63, 3.8) is 0 Å². The largest absolute Gasteiger partial charge is 0.466 e. The summed E-state index contributed by atoms with van der Waals surface area (Å²) in [6, 6.07) is 9.63. The molecule has 0 unspecified atom stereocenters. The lowest BCUT2D eigenvalue weighted by Crippen LogP contribution is -2.41. The van der Waals surface area contributed by atoms with Crippen molar-refractivity contribution in [1.82, 2.24) is 4.90 Å². The van der Waals surface area contributed by atoms with Crippen LogP contribution >= 0.6 is 0 Å². The number of carbonyl (C=O) groups is 2. The molecule has 0 aliphatic carbocycles. The molecule has 0 atom stereocenters. The Hall–Kier alpha value is -2.81. The minimum absolute atomic E-state index is 0.0519. The smallest absolute Gasteiger partial charge is 0.309 e. The number of hydrogen-bond acceptors (Lipinski definition) is 5. The Bertz CT molecular complexity index is 698. The normalized spacial score (nSPS) is 15.4. The Kier molecular flexibility index (Phi) is 6.58. The highest BCUT2D eigenvalue weighted by atomic mass is 16.5. The summed E-state index contributed by atoms with van der Waals surface area (Å²) in [5.74, 6) is -0.680. The van der Waals surface area contributed by atoms with Crippen LogP contribution in [0.4, 0.5) is 5.69 Å². The number of piperidine rings is 1. The van der Waals surface area contributed by atoms with E-state index in [1.165, 1.54) is 6.20 Å². The van der Waals surface area contributed by atoms with E-state index in [2.05, 4.69) is 5.32 Å². The van der Waals surface area contributed by atoms with Crippen LogP contribution in [-0.4, -0.2) is 36.5 Å². The molecular formula is C19H23N3O3. The van der Waals surface area contributed by atoms with Crippen LogP contribution < -0.4 is 5.32 Å². The highest BCUT2D eigenvalue weighted by Gasteiger charge is 2.29. The van der Waals surface area contributed by atoms with Crippen molar-refractivity contribution in [2.24, 2.45) is 5.92 Å². The molecule has 1 aromatic carbocycles. The first-order valence-electron chi connectivity index (χ1n) is 8.44. The van der Waals surface area contributed by atoms with E-state index in [-0.39, 0.29) is 23.4 Å². The first-order valence-corrected chi connectivity index (χ1v) is 8.44. The molecule has 0 bridgehead atoms. The van der Waals surface area contributed by atoms with Crippen LogP contribution in [0.15, 0.2) is 36.0 Å². The lowest BCUT2D eigenvalue weighted by atomic mass is 9.96. The molecule has 1 N–H and O–H groups in total. The van der Waals surface area contributed by atoms with Crippen molar-refractivity contribution >= 4 is 17.6 Å². The van der Waals surface area contributed by atoms with E-state index in [1.54, 1.807) is 11.8 Å². The van der Waals surface area contributed by atoms with Gasteiger partial charge in [0.25, 0.3) is 5.91 Å². The second-order valence-electron chi connectivity index (χ2n) is 6.00. The molecule has 1 heterocycles. The Balaban J connectivity index is 1.95. The standard InChI is InChI=1S/C19H23N3O3/c1-3-25-19(24)15-7-9-22(10-8-15)18(23)16(12-20)13-21-17-6-4-5-14(2)11-17/h4-6,11,13,15,21H,3,7-10H2,1-2H3/b16-13-. The van der Waals surface area contributed by atoms with Gasteiger partial charge in [0.15, 0.2) is 0 Å². The number of nitrogens with zero attached hydrogens (tertiary/aromatic N) is 2. The average molecular weight is 341 g/mol. The fourth-order valence-corrected chi connectivity index (χ4v) is 2.78. The summed E-state index contributed by atoms with van der Waals surface area (Å²) >= 11 is 0. The van der Waals surface area contributed by atoms with Gasteiger partial charge in [-0.3, -0.25) is 9.59 Å². The molecular weight excluding hydrogens is 318 g/mol. The average Bonchev–Trinajstić information content (AvgIpc) is 2.62. The van der Waals surface area contributed by atoms with Crippen LogP contribution in [0.5, 0.6) is 0 Å². The third-order valence-corrected chi connectivity index (χ3v) is 4.15. The van der Waals surface area contributed by atoms with Gasteiger partial charge in [-0.05, 0) is 44.4 Å². The third-order valence-electron chi connectivity index (χ3n) is 4.15. The summed E-state index contributed by atoms with van der Waals surface area (Å²) in [4.78, 5) is 25.9. The van der Waals surface area contributed by atoms with Gasteiger partial charge in [-0.15, -0.1) is 0 Å². The number of nitriles is 1. The molecule has 1 aliphatic rings. The molecule has 1 saturated heterocycles. The molecule has 132 valence electrons. The molecule has 0 saturated carbocycles. The van der Waals surface area contributed by atoms with Gasteiger partial charge < -0.3 is 15.0 Å². The highest BCUT2D eigenvalue weighted by molar-refractivity contribution is 5.97. The molecule has 25 heavy (non-hydrogen) atoms. The molecule has 1 aromatic rings. The number of anilines is 1. The number of benzene rings is 1. The SMILES string of the molecule is CCOC(=O)C1CCN(C(=O)/C(C#N)=C\Nc2cccc(C)c2)CC1. The van der Waals surface area contributed by atoms with Crippen LogP contribution in [-0.2, 0) is 14.3 Å². The van der Waals surface area contributed by atoms with Crippen molar-refractivity contribution < 1.29 is 14.3 Å². The fraction of sp³-hybridized carbons (Fsp3) is 0.421. The van der Waals surface area contributed by atoms with Crippen molar-refractivity contribution in [1.29, 1.82) is 5.26 Å². The van der Waals surface area contributed by atoms with Crippen molar-refractivity contribution in [2.75, 3.05) is 25.0 Å². The Morgan fingerprint density at radius 2 is 2.12 bits per heavy atom. The molecule has 0 radical (unpaired) electrons. The monoisotopic (exact) mass is 341 g/mol. The van der Waals surface area contributed by atoms with E-state index in [0.717, 1.165) is 11.3 Å². The number of ether oxygens (including phenoxy) is 1. The summed E-state index contributed by atoms with van der Waals surface area (Å²) < 4.78 is 5.03. The number of amides is 1. The van der Waals surface area contributed by atoms with Crippen LogP contribution in [0, 0.1) is 24.2 Å². The number of esters is 1. The molecule has 2 rings (SSSR count). The lowest BCUT2D eigenvalue weighted by Gasteiger charge is -2.30. The maximum atomic E-state index is 12.5. The second kappa shape index (κ2) is 8.88. The molecule has 6 nitrogen and oxygen atoms in total. The van der Waals surface area contributed by atoms with Gasteiger partial charge >= 0.3 is 5.97 Å². The van der Waals surface area contributed by atoms with E-state index >= 15 is 0 Å². The maximum Gasteiger partial charge on any atom is 0.309 e. The molecule has 1 fully saturated rings. The molecule has 0 spiro atoms. The topological polar surface area (TPSA) is 82.4 Å². The van der Waals surface area contributed by atoms with Gasteiger partial charge in [0.1, 0.15) is 11.6 Å². The zero-order valence-corrected chi connectivity index (χ0v) is 14.6. The number of likely N-dealkylation sites (tertiary alicyclic amines) is 1. The van der Waals surface area contributed by atoms with Crippen LogP contribution in [0.1, 0.15) is 25.3 Å². The number of aryl methyl sites for hydroxylation is 1. The number of carbonyl (C=O) groups excluding carboxylic acids is 2. The highest BCUT2D eigenvalue weighted by Crippen LogP contribution is 2.20. The number of nitrogens with one attached hydrogen (secondary N) is 1. The number of hydrogen-bond donors (Lipinski definition) is 1. The zero-order chi connectivity index (χ0) is 18.2. The molecule has 0 aromatic heterocycles. The Morgan fingerprint density at radius 1 is 1.40 bits per heavy atom. The zero-order valence-electron chi connectivity index (χ0n) is 14.6. The van der Waals surface area contributed by atoms with Crippen LogP contribution in [0.3, 0.4) is 0 Å². The summed E-state index contributed by atoms with van der Waals surface area (Å²) in [5.41, 5.74) is 1.96. The van der Waals surface area contributed by atoms with Crippen LogP contribution in [0.25, 0.3) is 0 Å². The summed E-state index contributed by atoms with van der Waals surface area (Å²) in [6.07, 6.45) is 2.57. The molecule has 6 heteroatoms. The summed E-state index contributed by atoms with van der Waals surface area (Å²) in [7, 11) is 0. The minimum Gasteiger partial charge on any atom is -0.466 e. The van der Waals surface area contributed by atoms with Gasteiger partial charge in [-0.1, -0.05) is 12.1 Å². The van der Waals surface area contributed by atoms with E-state index in [0.29, 0.717) is 32.5 Å². The van der Waals surface area contributed by atoms with Gasteiger partial charge in [-0.25, -0.2) is 0 Å². The van der Waals surface area contributed by atoms with Crippen molar-refractivity contribution in [2.45, 2.75) is 26.7 Å². The van der Waals surface area contributed by atoms with E-state index in [1.807, 2.05) is 37.3 Å². The fourth-order valence-electron chi connectivity index (χ4n) is 2.78. The van der Waals surface area contributed by atoms with Gasteiger partial charge in [0, 0.05) is 25.0 Å². The predicted molar refractivity (Wildman–Crippen MR) is 94.4 cm³/mol.